The van der Waals surface area contributed by atoms with Crippen molar-refractivity contribution < 1.29 is 0 Å². The quantitative estimate of drug-likeness (QED) is 0.901. The van der Waals surface area contributed by atoms with E-state index in [9.17, 15) is 0 Å². The maximum Gasteiger partial charge on any atom is 0.0367 e. The largest absolute Gasteiger partial charge is 0.372 e. The van der Waals surface area contributed by atoms with Crippen molar-refractivity contribution in [3.8, 4) is 0 Å². The number of rotatable bonds is 2. The molecule has 3 rings (SSSR count). The van der Waals surface area contributed by atoms with Crippen LogP contribution in [0.1, 0.15) is 32.6 Å². The zero-order chi connectivity index (χ0) is 14.5. The predicted molar refractivity (Wildman–Crippen MR) is 91.4 cm³/mol. The first-order valence-electron chi connectivity index (χ1n) is 8.63. The van der Waals surface area contributed by atoms with Gasteiger partial charge in [-0.15, -0.1) is 0 Å². The van der Waals surface area contributed by atoms with Crippen LogP contribution in [0.5, 0.6) is 0 Å². The molecule has 0 aliphatic carbocycles. The lowest BCUT2D eigenvalue weighted by Gasteiger charge is -2.32. The summed E-state index contributed by atoms with van der Waals surface area (Å²) in [6, 6.07) is 9.29. The fourth-order valence-corrected chi connectivity index (χ4v) is 3.54. The highest BCUT2D eigenvalue weighted by Gasteiger charge is 2.15. The normalized spacial score (nSPS) is 24.5. The Balaban J connectivity index is 1.67. The number of hydrogen-bond acceptors (Lipinski definition) is 3. The second-order valence-electron chi connectivity index (χ2n) is 6.67. The summed E-state index contributed by atoms with van der Waals surface area (Å²) < 4.78 is 0. The Kier molecular flexibility index (Phi) is 5.02. The monoisotopic (exact) mass is 287 g/mol. The van der Waals surface area contributed by atoms with Crippen molar-refractivity contribution in [2.75, 3.05) is 49.1 Å². The predicted octanol–water partition coefficient (Wildman–Crippen LogP) is 3.11. The summed E-state index contributed by atoms with van der Waals surface area (Å²) in [7, 11) is 0. The summed E-state index contributed by atoms with van der Waals surface area (Å²) in [5, 5.41) is 3.53. The summed E-state index contributed by atoms with van der Waals surface area (Å²) in [6.07, 6.45) is 5.33. The molecular formula is C18H29N3. The average molecular weight is 287 g/mol. The number of anilines is 2. The zero-order valence-electron chi connectivity index (χ0n) is 13.4. The Labute approximate surface area is 129 Å². The third-order valence-corrected chi connectivity index (χ3v) is 4.74. The van der Waals surface area contributed by atoms with E-state index in [0.29, 0.717) is 5.92 Å². The Bertz CT molecular complexity index is 423. The number of nitrogens with one attached hydrogen (secondary N) is 1. The number of piperidine rings is 1. The smallest absolute Gasteiger partial charge is 0.0367 e. The zero-order valence-corrected chi connectivity index (χ0v) is 13.4. The summed E-state index contributed by atoms with van der Waals surface area (Å²) in [5.74, 6) is 0.715. The van der Waals surface area contributed by atoms with Crippen LogP contribution in [0.15, 0.2) is 24.3 Å². The minimum absolute atomic E-state index is 0.715. The maximum atomic E-state index is 3.53. The summed E-state index contributed by atoms with van der Waals surface area (Å²) in [4.78, 5) is 5.10. The number of hydrogen-bond donors (Lipinski definition) is 1. The fraction of sp³-hybridized carbons (Fsp3) is 0.667. The topological polar surface area (TPSA) is 18.5 Å². The summed E-state index contributed by atoms with van der Waals surface area (Å²) in [6.45, 7) is 9.41. The first kappa shape index (κ1) is 14.7. The molecule has 1 atom stereocenters. The lowest BCUT2D eigenvalue weighted by molar-refractivity contribution is 0.468. The van der Waals surface area contributed by atoms with E-state index >= 15 is 0 Å². The average Bonchev–Trinajstić information content (AvgIpc) is 2.52. The van der Waals surface area contributed by atoms with Gasteiger partial charge in [0, 0.05) is 37.6 Å². The van der Waals surface area contributed by atoms with E-state index in [0.717, 1.165) is 19.6 Å². The fourth-order valence-electron chi connectivity index (χ4n) is 3.54. The van der Waals surface area contributed by atoms with Crippen LogP contribution in [0.4, 0.5) is 11.4 Å². The van der Waals surface area contributed by atoms with Gasteiger partial charge in [-0.2, -0.15) is 0 Å². The molecule has 0 spiro atoms. The first-order valence-corrected chi connectivity index (χ1v) is 8.63. The van der Waals surface area contributed by atoms with Crippen molar-refractivity contribution in [2.24, 2.45) is 5.92 Å². The third kappa shape index (κ3) is 3.91. The van der Waals surface area contributed by atoms with Gasteiger partial charge in [0.1, 0.15) is 0 Å². The van der Waals surface area contributed by atoms with Crippen LogP contribution in [-0.2, 0) is 0 Å². The van der Waals surface area contributed by atoms with Gasteiger partial charge in [-0.05, 0) is 69.0 Å². The van der Waals surface area contributed by atoms with Crippen molar-refractivity contribution in [3.63, 3.8) is 0 Å². The van der Waals surface area contributed by atoms with Crippen molar-refractivity contribution in [1.29, 1.82) is 0 Å². The first-order chi connectivity index (χ1) is 10.3. The molecular weight excluding hydrogens is 258 g/mol. The molecule has 116 valence electrons. The van der Waals surface area contributed by atoms with Gasteiger partial charge in [0.25, 0.3) is 0 Å². The van der Waals surface area contributed by atoms with Gasteiger partial charge in [0.05, 0.1) is 0 Å². The van der Waals surface area contributed by atoms with Crippen molar-refractivity contribution in [3.05, 3.63) is 24.3 Å². The molecule has 2 fully saturated rings. The van der Waals surface area contributed by atoms with E-state index in [1.54, 1.807) is 0 Å². The molecule has 2 heterocycles. The Morgan fingerprint density at radius 3 is 2.19 bits per heavy atom. The van der Waals surface area contributed by atoms with Gasteiger partial charge in [-0.25, -0.2) is 0 Å². The highest BCUT2D eigenvalue weighted by molar-refractivity contribution is 5.56. The van der Waals surface area contributed by atoms with Crippen molar-refractivity contribution in [2.45, 2.75) is 32.6 Å². The molecule has 2 saturated heterocycles. The Morgan fingerprint density at radius 1 is 0.857 bits per heavy atom. The van der Waals surface area contributed by atoms with Crippen LogP contribution in [-0.4, -0.2) is 39.3 Å². The van der Waals surface area contributed by atoms with Crippen LogP contribution in [0.25, 0.3) is 0 Å². The Hall–Kier alpha value is -1.22. The lowest BCUT2D eigenvalue weighted by atomic mass is 10.1. The second kappa shape index (κ2) is 7.17. The van der Waals surface area contributed by atoms with E-state index in [1.165, 1.54) is 56.7 Å². The minimum Gasteiger partial charge on any atom is -0.372 e. The van der Waals surface area contributed by atoms with E-state index in [4.69, 9.17) is 0 Å². The van der Waals surface area contributed by atoms with E-state index in [-0.39, 0.29) is 0 Å². The van der Waals surface area contributed by atoms with Gasteiger partial charge in [-0.1, -0.05) is 6.92 Å². The van der Waals surface area contributed by atoms with Gasteiger partial charge in [0.2, 0.25) is 0 Å². The van der Waals surface area contributed by atoms with Crippen LogP contribution in [0, 0.1) is 5.92 Å². The molecule has 0 aromatic heterocycles. The molecule has 0 amide bonds. The van der Waals surface area contributed by atoms with Gasteiger partial charge >= 0.3 is 0 Å². The highest BCUT2D eigenvalue weighted by Crippen LogP contribution is 2.24. The van der Waals surface area contributed by atoms with Crippen molar-refractivity contribution in [1.82, 2.24) is 5.32 Å². The third-order valence-electron chi connectivity index (χ3n) is 4.74. The van der Waals surface area contributed by atoms with Crippen LogP contribution in [0.2, 0.25) is 0 Å². The molecule has 1 aromatic rings. The molecule has 3 nitrogen and oxygen atoms in total. The number of nitrogens with zero attached hydrogens (tertiary/aromatic N) is 2. The molecule has 2 aliphatic rings. The molecule has 1 unspecified atom stereocenters. The molecule has 21 heavy (non-hydrogen) atoms. The summed E-state index contributed by atoms with van der Waals surface area (Å²) in [5.41, 5.74) is 2.80. The van der Waals surface area contributed by atoms with Gasteiger partial charge < -0.3 is 15.1 Å². The summed E-state index contributed by atoms with van der Waals surface area (Å²) >= 11 is 0. The minimum atomic E-state index is 0.715. The van der Waals surface area contributed by atoms with E-state index < -0.39 is 0 Å². The van der Waals surface area contributed by atoms with Crippen LogP contribution in [0.3, 0.4) is 0 Å². The lowest BCUT2D eigenvalue weighted by Crippen LogP contribution is -2.38. The standard InChI is InChI=1S/C18H29N3/c1-16-14-19-10-5-13-21(15-16)18-8-6-17(7-9-18)20-11-3-2-4-12-20/h6-9,16,19H,2-5,10-15H2,1H3. The maximum absolute atomic E-state index is 3.53. The Morgan fingerprint density at radius 2 is 1.48 bits per heavy atom. The van der Waals surface area contributed by atoms with Crippen LogP contribution < -0.4 is 15.1 Å². The van der Waals surface area contributed by atoms with Crippen molar-refractivity contribution >= 4 is 11.4 Å². The molecule has 3 heteroatoms. The molecule has 0 radical (unpaired) electrons. The van der Waals surface area contributed by atoms with Gasteiger partial charge in [-0.3, -0.25) is 0 Å². The molecule has 0 saturated carbocycles. The van der Waals surface area contributed by atoms with Crippen LogP contribution >= 0.6 is 0 Å². The highest BCUT2D eigenvalue weighted by atomic mass is 15.1. The SMILES string of the molecule is CC1CNCCCN(c2ccc(N3CCCCC3)cc2)C1. The molecule has 1 aromatic carbocycles. The molecule has 0 bridgehead atoms. The van der Waals surface area contributed by atoms with E-state index in [2.05, 4.69) is 46.3 Å². The van der Waals surface area contributed by atoms with Gasteiger partial charge in [0.15, 0.2) is 0 Å². The van der Waals surface area contributed by atoms with E-state index in [1.807, 2.05) is 0 Å². The second-order valence-corrected chi connectivity index (χ2v) is 6.67. The number of benzene rings is 1. The molecule has 1 N–H and O–H groups in total. The molecule has 2 aliphatic heterocycles.